The highest BCUT2D eigenvalue weighted by Crippen LogP contribution is 2.24. The van der Waals surface area contributed by atoms with E-state index < -0.39 is 4.92 Å². The van der Waals surface area contributed by atoms with Gasteiger partial charge in [0.25, 0.3) is 5.69 Å². The van der Waals surface area contributed by atoms with Crippen LogP contribution >= 0.6 is 0 Å². The van der Waals surface area contributed by atoms with Crippen LogP contribution in [-0.4, -0.2) is 34.7 Å². The number of nitrogens with zero attached hydrogens (tertiary/aromatic N) is 2. The van der Waals surface area contributed by atoms with Gasteiger partial charge in [-0.15, -0.1) is 0 Å². The number of hydrogen-bond donors (Lipinski definition) is 0. The van der Waals surface area contributed by atoms with Gasteiger partial charge in [0.2, 0.25) is 0 Å². The predicted octanol–water partition coefficient (Wildman–Crippen LogP) is 2.90. The molecule has 1 aliphatic heterocycles. The molecule has 108 valence electrons. The minimum atomic E-state index is -0.455. The van der Waals surface area contributed by atoms with Crippen molar-refractivity contribution in [2.24, 2.45) is 5.92 Å². The Bertz CT molecular complexity index is 496. The average molecular weight is 276 g/mol. The number of carbonyl (C=O) groups excluding carboxylic acids is 1. The zero-order valence-corrected chi connectivity index (χ0v) is 11.9. The number of likely N-dealkylation sites (tertiary alicyclic amines) is 1. The molecule has 1 fully saturated rings. The minimum absolute atomic E-state index is 0.0165. The van der Waals surface area contributed by atoms with Gasteiger partial charge in [-0.25, -0.2) is 0 Å². The Morgan fingerprint density at radius 3 is 2.60 bits per heavy atom. The van der Waals surface area contributed by atoms with Gasteiger partial charge in [-0.1, -0.05) is 13.8 Å². The maximum atomic E-state index is 12.2. The lowest BCUT2D eigenvalue weighted by Gasteiger charge is -2.26. The second-order valence-electron chi connectivity index (χ2n) is 5.65. The van der Waals surface area contributed by atoms with Crippen molar-refractivity contribution < 1.29 is 9.72 Å². The molecule has 0 amide bonds. The number of hydrogen-bond acceptors (Lipinski definition) is 4. The summed E-state index contributed by atoms with van der Waals surface area (Å²) in [5, 5.41) is 10.6. The van der Waals surface area contributed by atoms with Gasteiger partial charge in [0.1, 0.15) is 0 Å². The largest absolute Gasteiger partial charge is 0.293 e. The molecule has 20 heavy (non-hydrogen) atoms. The van der Waals surface area contributed by atoms with E-state index in [0.717, 1.165) is 19.4 Å². The maximum absolute atomic E-state index is 12.2. The third kappa shape index (κ3) is 3.22. The van der Waals surface area contributed by atoms with E-state index >= 15 is 0 Å². The lowest BCUT2D eigenvalue weighted by molar-refractivity contribution is -0.384. The Balaban J connectivity index is 2.02. The van der Waals surface area contributed by atoms with Crippen LogP contribution in [-0.2, 0) is 0 Å². The molecular weight excluding hydrogens is 256 g/mol. The highest BCUT2D eigenvalue weighted by molar-refractivity contribution is 5.97. The van der Waals surface area contributed by atoms with Gasteiger partial charge in [-0.05, 0) is 37.4 Å². The molecule has 1 atom stereocenters. The van der Waals surface area contributed by atoms with E-state index in [0.29, 0.717) is 24.1 Å². The molecule has 1 unspecified atom stereocenters. The Labute approximate surface area is 118 Å². The van der Waals surface area contributed by atoms with Crippen molar-refractivity contribution in [3.63, 3.8) is 0 Å². The van der Waals surface area contributed by atoms with Crippen molar-refractivity contribution in [3.8, 4) is 0 Å². The van der Waals surface area contributed by atoms with Gasteiger partial charge in [0.05, 0.1) is 11.5 Å². The van der Waals surface area contributed by atoms with Crippen molar-refractivity contribution >= 4 is 11.5 Å². The van der Waals surface area contributed by atoms with E-state index in [1.54, 1.807) is 12.1 Å². The SMILES string of the molecule is CC(C)C1CCCN1CC(=O)c1ccc([N+](=O)[O-])cc1. The summed E-state index contributed by atoms with van der Waals surface area (Å²) in [6.07, 6.45) is 2.28. The standard InChI is InChI=1S/C15H20N2O3/c1-11(2)14-4-3-9-16(14)10-15(18)12-5-7-13(8-6-12)17(19)20/h5-8,11,14H,3-4,9-10H2,1-2H3. The average Bonchev–Trinajstić information content (AvgIpc) is 2.87. The second kappa shape index (κ2) is 6.13. The molecule has 0 bridgehead atoms. The van der Waals surface area contributed by atoms with Crippen molar-refractivity contribution in [2.75, 3.05) is 13.1 Å². The van der Waals surface area contributed by atoms with Crippen LogP contribution in [0.15, 0.2) is 24.3 Å². The van der Waals surface area contributed by atoms with Gasteiger partial charge in [0, 0.05) is 23.7 Å². The summed E-state index contributed by atoms with van der Waals surface area (Å²) in [5.74, 6) is 0.578. The van der Waals surface area contributed by atoms with Crippen LogP contribution < -0.4 is 0 Å². The number of ketones is 1. The molecule has 1 aliphatic rings. The van der Waals surface area contributed by atoms with Gasteiger partial charge in [-0.3, -0.25) is 19.8 Å². The highest BCUT2D eigenvalue weighted by Gasteiger charge is 2.28. The number of nitro groups is 1. The van der Waals surface area contributed by atoms with E-state index in [9.17, 15) is 14.9 Å². The van der Waals surface area contributed by atoms with E-state index in [-0.39, 0.29) is 11.5 Å². The molecule has 0 radical (unpaired) electrons. The fourth-order valence-corrected chi connectivity index (χ4v) is 2.85. The molecule has 0 saturated carbocycles. The Morgan fingerprint density at radius 1 is 1.40 bits per heavy atom. The third-order valence-corrected chi connectivity index (χ3v) is 3.93. The molecule has 1 aromatic carbocycles. The summed E-state index contributed by atoms with van der Waals surface area (Å²) in [5.41, 5.74) is 0.563. The van der Waals surface area contributed by atoms with Crippen LogP contribution in [0.4, 0.5) is 5.69 Å². The number of non-ortho nitro benzene ring substituents is 1. The summed E-state index contributed by atoms with van der Waals surface area (Å²) in [6, 6.07) is 6.33. The molecule has 0 spiro atoms. The first-order valence-electron chi connectivity index (χ1n) is 7.00. The lowest BCUT2D eigenvalue weighted by Crippen LogP contribution is -2.37. The van der Waals surface area contributed by atoms with Gasteiger partial charge in [-0.2, -0.15) is 0 Å². The summed E-state index contributed by atoms with van der Waals surface area (Å²) >= 11 is 0. The first-order chi connectivity index (χ1) is 9.49. The van der Waals surface area contributed by atoms with E-state index in [1.807, 2.05) is 0 Å². The molecule has 0 aromatic heterocycles. The number of nitro benzene ring substituents is 1. The number of Topliss-reactive ketones (excluding diaryl/α,β-unsaturated/α-hetero) is 1. The normalized spacial score (nSPS) is 19.4. The van der Waals surface area contributed by atoms with Crippen LogP contribution in [0, 0.1) is 16.0 Å². The predicted molar refractivity (Wildman–Crippen MR) is 76.9 cm³/mol. The fraction of sp³-hybridized carbons (Fsp3) is 0.533. The summed E-state index contributed by atoms with van der Waals surface area (Å²) in [4.78, 5) is 24.6. The van der Waals surface area contributed by atoms with Crippen molar-refractivity contribution in [1.29, 1.82) is 0 Å². The van der Waals surface area contributed by atoms with Crippen LogP contribution in [0.5, 0.6) is 0 Å². The van der Waals surface area contributed by atoms with Crippen LogP contribution in [0.2, 0.25) is 0 Å². The molecule has 1 aromatic rings. The van der Waals surface area contributed by atoms with E-state index in [1.165, 1.54) is 12.1 Å². The summed E-state index contributed by atoms with van der Waals surface area (Å²) in [6.45, 7) is 5.72. The van der Waals surface area contributed by atoms with Crippen LogP contribution in [0.1, 0.15) is 37.0 Å². The monoisotopic (exact) mass is 276 g/mol. The Kier molecular flexibility index (Phi) is 4.49. The molecule has 0 aliphatic carbocycles. The molecule has 0 N–H and O–H groups in total. The maximum Gasteiger partial charge on any atom is 0.269 e. The zero-order chi connectivity index (χ0) is 14.7. The van der Waals surface area contributed by atoms with Gasteiger partial charge in [0.15, 0.2) is 5.78 Å². The Morgan fingerprint density at radius 2 is 2.05 bits per heavy atom. The zero-order valence-electron chi connectivity index (χ0n) is 11.9. The van der Waals surface area contributed by atoms with Crippen LogP contribution in [0.25, 0.3) is 0 Å². The molecule has 1 heterocycles. The fourth-order valence-electron chi connectivity index (χ4n) is 2.85. The van der Waals surface area contributed by atoms with Crippen LogP contribution in [0.3, 0.4) is 0 Å². The topological polar surface area (TPSA) is 63.5 Å². The first kappa shape index (κ1) is 14.7. The summed E-state index contributed by atoms with van der Waals surface area (Å²) < 4.78 is 0. The molecule has 1 saturated heterocycles. The van der Waals surface area contributed by atoms with Gasteiger partial charge < -0.3 is 0 Å². The third-order valence-electron chi connectivity index (χ3n) is 3.93. The van der Waals surface area contributed by atoms with Crippen molar-refractivity contribution in [3.05, 3.63) is 39.9 Å². The van der Waals surface area contributed by atoms with Crippen molar-refractivity contribution in [1.82, 2.24) is 4.90 Å². The quantitative estimate of drug-likeness (QED) is 0.471. The highest BCUT2D eigenvalue weighted by atomic mass is 16.6. The number of carbonyl (C=O) groups is 1. The lowest BCUT2D eigenvalue weighted by atomic mass is 10.0. The number of benzene rings is 1. The van der Waals surface area contributed by atoms with Crippen molar-refractivity contribution in [2.45, 2.75) is 32.7 Å². The molecule has 2 rings (SSSR count). The first-order valence-corrected chi connectivity index (χ1v) is 7.00. The molecule has 5 nitrogen and oxygen atoms in total. The Hall–Kier alpha value is -1.75. The molecular formula is C15H20N2O3. The minimum Gasteiger partial charge on any atom is -0.293 e. The summed E-state index contributed by atoms with van der Waals surface area (Å²) in [7, 11) is 0. The molecule has 5 heteroatoms. The van der Waals surface area contributed by atoms with E-state index in [4.69, 9.17) is 0 Å². The number of rotatable bonds is 5. The smallest absolute Gasteiger partial charge is 0.269 e. The van der Waals surface area contributed by atoms with E-state index in [2.05, 4.69) is 18.7 Å². The van der Waals surface area contributed by atoms with Gasteiger partial charge >= 0.3 is 0 Å². The second-order valence-corrected chi connectivity index (χ2v) is 5.65.